The zero-order chi connectivity index (χ0) is 24.2. The minimum absolute atomic E-state index is 0.0259. The highest BCUT2D eigenvalue weighted by molar-refractivity contribution is 6.33. The summed E-state index contributed by atoms with van der Waals surface area (Å²) in [6.07, 6.45) is 7.76. The highest BCUT2D eigenvalue weighted by Gasteiger charge is 2.51. The molecule has 2 aliphatic carbocycles. The van der Waals surface area contributed by atoms with Gasteiger partial charge in [0.1, 0.15) is 23.8 Å². The second-order valence-electron chi connectivity index (χ2n) is 8.84. The molecule has 0 atom stereocenters. The molecular formula is C25H22ClFN4O3. The Morgan fingerprint density at radius 2 is 2.12 bits per heavy atom. The topological polar surface area (TPSA) is 95.4 Å². The maximum atomic E-state index is 13.6. The van der Waals surface area contributed by atoms with Crippen molar-refractivity contribution in [2.75, 3.05) is 17.3 Å². The first-order valence-electron chi connectivity index (χ1n) is 10.9. The summed E-state index contributed by atoms with van der Waals surface area (Å²) in [7, 11) is 1.66. The second-order valence-corrected chi connectivity index (χ2v) is 9.25. The summed E-state index contributed by atoms with van der Waals surface area (Å²) >= 11 is 5.93. The summed E-state index contributed by atoms with van der Waals surface area (Å²) in [6.45, 7) is 1.99. The van der Waals surface area contributed by atoms with Crippen molar-refractivity contribution in [1.29, 1.82) is 0 Å². The van der Waals surface area contributed by atoms with E-state index in [0.717, 1.165) is 29.6 Å². The number of aliphatic carboxylic acids is 1. The molecule has 1 fully saturated rings. The number of anilines is 3. The number of nitrogens with zero attached hydrogens (tertiary/aromatic N) is 3. The van der Waals surface area contributed by atoms with Gasteiger partial charge in [0.2, 0.25) is 0 Å². The Kier molecular flexibility index (Phi) is 5.28. The lowest BCUT2D eigenvalue weighted by molar-refractivity contribution is -0.137. The molecule has 2 aromatic rings. The van der Waals surface area contributed by atoms with Crippen molar-refractivity contribution < 1.29 is 19.1 Å². The normalized spacial score (nSPS) is 19.2. The Bertz CT molecular complexity index is 1340. The number of carbonyl (C=O) groups excluding carboxylic acids is 1. The molecule has 174 valence electrons. The van der Waals surface area contributed by atoms with Gasteiger partial charge in [-0.15, -0.1) is 0 Å². The Hall–Kier alpha value is -3.52. The van der Waals surface area contributed by atoms with Crippen molar-refractivity contribution in [2.24, 2.45) is 5.41 Å². The maximum absolute atomic E-state index is 13.6. The molecule has 3 aliphatic rings. The molecule has 2 heterocycles. The molecule has 1 aromatic heterocycles. The summed E-state index contributed by atoms with van der Waals surface area (Å²) in [5, 5.41) is 12.2. The first kappa shape index (κ1) is 22.3. The van der Waals surface area contributed by atoms with Crippen LogP contribution < -0.4 is 10.2 Å². The SMILES string of the molecule is CC1=C(/C=C2\C(=O)N(C)c3ncnc(Nc4ccc(F)c(Cl)c4)c32)C2(CC2)C(CCC(=O)O)=C1. The number of carboxylic acid groups (broad SMARTS) is 1. The van der Waals surface area contributed by atoms with Gasteiger partial charge in [0.15, 0.2) is 0 Å². The highest BCUT2D eigenvalue weighted by atomic mass is 35.5. The van der Waals surface area contributed by atoms with Crippen LogP contribution in [0.3, 0.4) is 0 Å². The fraction of sp³-hybridized carbons (Fsp3) is 0.280. The molecular weight excluding hydrogens is 459 g/mol. The number of nitrogens with one attached hydrogen (secondary N) is 1. The Labute approximate surface area is 200 Å². The number of benzene rings is 1. The molecule has 0 saturated heterocycles. The minimum atomic E-state index is -0.823. The molecule has 2 N–H and O–H groups in total. The van der Waals surface area contributed by atoms with Crippen LogP contribution in [-0.2, 0) is 9.59 Å². The predicted molar refractivity (Wildman–Crippen MR) is 127 cm³/mol. The molecule has 1 aromatic carbocycles. The number of rotatable bonds is 6. The Morgan fingerprint density at radius 3 is 2.79 bits per heavy atom. The van der Waals surface area contributed by atoms with E-state index in [1.807, 2.05) is 13.0 Å². The Balaban J connectivity index is 1.54. The molecule has 0 unspecified atom stereocenters. The van der Waals surface area contributed by atoms with E-state index in [0.29, 0.717) is 34.9 Å². The van der Waals surface area contributed by atoms with Gasteiger partial charge in [-0.1, -0.05) is 23.3 Å². The smallest absolute Gasteiger partial charge is 0.303 e. The van der Waals surface area contributed by atoms with Gasteiger partial charge in [0, 0.05) is 24.6 Å². The molecule has 9 heteroatoms. The van der Waals surface area contributed by atoms with Crippen molar-refractivity contribution >= 4 is 46.4 Å². The van der Waals surface area contributed by atoms with E-state index in [2.05, 4.69) is 21.4 Å². The van der Waals surface area contributed by atoms with Gasteiger partial charge in [-0.3, -0.25) is 14.5 Å². The molecule has 5 rings (SSSR count). The summed E-state index contributed by atoms with van der Waals surface area (Å²) in [6, 6.07) is 4.26. The lowest BCUT2D eigenvalue weighted by Crippen LogP contribution is -2.21. The molecule has 1 aliphatic heterocycles. The van der Waals surface area contributed by atoms with Gasteiger partial charge in [-0.25, -0.2) is 14.4 Å². The van der Waals surface area contributed by atoms with Gasteiger partial charge >= 0.3 is 5.97 Å². The molecule has 0 bridgehead atoms. The lowest BCUT2D eigenvalue weighted by atomic mass is 9.87. The molecule has 1 spiro atoms. The maximum Gasteiger partial charge on any atom is 0.303 e. The van der Waals surface area contributed by atoms with Crippen molar-refractivity contribution in [3.63, 3.8) is 0 Å². The fourth-order valence-electron chi connectivity index (χ4n) is 4.89. The third-order valence-corrected chi connectivity index (χ3v) is 7.01. The van der Waals surface area contributed by atoms with Gasteiger partial charge in [-0.05, 0) is 61.6 Å². The van der Waals surface area contributed by atoms with Crippen LogP contribution in [-0.4, -0.2) is 34.0 Å². The largest absolute Gasteiger partial charge is 0.481 e. The van der Waals surface area contributed by atoms with Crippen LogP contribution in [0.15, 0.2) is 53.4 Å². The highest BCUT2D eigenvalue weighted by Crippen LogP contribution is 2.63. The number of carbonyl (C=O) groups is 2. The number of fused-ring (bicyclic) bond motifs is 1. The van der Waals surface area contributed by atoms with Gasteiger partial charge in [0.25, 0.3) is 5.91 Å². The number of aromatic nitrogens is 2. The van der Waals surface area contributed by atoms with Crippen LogP contribution >= 0.6 is 11.6 Å². The van der Waals surface area contributed by atoms with E-state index in [1.54, 1.807) is 13.1 Å². The number of amides is 1. The standard InChI is InChI=1S/C25H22ClFN4O3/c1-13-9-14(3-6-20(32)33)25(7-8-25)17(13)11-16-21-22(28-12-29-23(21)31(2)24(16)34)30-15-4-5-19(27)18(26)10-15/h4-5,9-12H,3,6-8H2,1-2H3,(H,32,33)(H,28,29,30)/b16-11-. The lowest BCUT2D eigenvalue weighted by Gasteiger charge is -2.17. The van der Waals surface area contributed by atoms with E-state index in [4.69, 9.17) is 16.7 Å². The number of allylic oxidation sites excluding steroid dienone is 5. The number of likely N-dealkylation sites (N-methyl/N-ethyl adjacent to an activating group) is 1. The van der Waals surface area contributed by atoms with E-state index in [9.17, 15) is 14.0 Å². The fourth-order valence-corrected chi connectivity index (χ4v) is 5.07. The summed E-state index contributed by atoms with van der Waals surface area (Å²) in [5.74, 6) is -0.665. The van der Waals surface area contributed by atoms with E-state index in [1.165, 1.54) is 23.4 Å². The van der Waals surface area contributed by atoms with Crippen LogP contribution in [0.4, 0.5) is 21.7 Å². The van der Waals surface area contributed by atoms with Crippen molar-refractivity contribution in [3.8, 4) is 0 Å². The number of hydrogen-bond acceptors (Lipinski definition) is 5. The van der Waals surface area contributed by atoms with Crippen molar-refractivity contribution in [1.82, 2.24) is 9.97 Å². The van der Waals surface area contributed by atoms with E-state index < -0.39 is 11.8 Å². The summed E-state index contributed by atoms with van der Waals surface area (Å²) in [4.78, 5) is 34.5. The van der Waals surface area contributed by atoms with Crippen molar-refractivity contribution in [3.05, 3.63) is 69.8 Å². The molecule has 1 saturated carbocycles. The second kappa shape index (κ2) is 8.06. The zero-order valence-corrected chi connectivity index (χ0v) is 19.4. The van der Waals surface area contributed by atoms with Crippen LogP contribution in [0.25, 0.3) is 5.57 Å². The quantitative estimate of drug-likeness (QED) is 0.546. The number of hydrogen-bond donors (Lipinski definition) is 2. The molecule has 0 radical (unpaired) electrons. The van der Waals surface area contributed by atoms with Crippen LogP contribution in [0.2, 0.25) is 5.02 Å². The molecule has 34 heavy (non-hydrogen) atoms. The van der Waals surface area contributed by atoms with Crippen molar-refractivity contribution in [2.45, 2.75) is 32.6 Å². The van der Waals surface area contributed by atoms with Crippen LogP contribution in [0.1, 0.15) is 38.2 Å². The summed E-state index contributed by atoms with van der Waals surface area (Å²) < 4.78 is 13.6. The monoisotopic (exact) mass is 480 g/mol. The third-order valence-electron chi connectivity index (χ3n) is 6.72. The third kappa shape index (κ3) is 3.58. The van der Waals surface area contributed by atoms with E-state index >= 15 is 0 Å². The van der Waals surface area contributed by atoms with Gasteiger partial charge in [-0.2, -0.15) is 0 Å². The number of halogens is 2. The minimum Gasteiger partial charge on any atom is -0.481 e. The zero-order valence-electron chi connectivity index (χ0n) is 18.7. The summed E-state index contributed by atoms with van der Waals surface area (Å²) in [5.41, 5.74) is 4.54. The van der Waals surface area contributed by atoms with Gasteiger partial charge < -0.3 is 10.4 Å². The first-order valence-corrected chi connectivity index (χ1v) is 11.3. The Morgan fingerprint density at radius 1 is 1.35 bits per heavy atom. The molecule has 1 amide bonds. The van der Waals surface area contributed by atoms with Gasteiger partial charge in [0.05, 0.1) is 16.2 Å². The average Bonchev–Trinajstić information content (AvgIpc) is 3.50. The first-order chi connectivity index (χ1) is 16.2. The number of carboxylic acids is 1. The van der Waals surface area contributed by atoms with E-state index in [-0.39, 0.29) is 22.8 Å². The predicted octanol–water partition coefficient (Wildman–Crippen LogP) is 5.27. The van der Waals surface area contributed by atoms with Crippen LogP contribution in [0, 0.1) is 11.2 Å². The average molecular weight is 481 g/mol. The van der Waals surface area contributed by atoms with Crippen LogP contribution in [0.5, 0.6) is 0 Å². The molecule has 7 nitrogen and oxygen atoms in total.